The van der Waals surface area contributed by atoms with Gasteiger partial charge in [-0.2, -0.15) is 0 Å². The number of hydrogen-bond acceptors (Lipinski definition) is 3. The van der Waals surface area contributed by atoms with Crippen molar-refractivity contribution in [1.82, 2.24) is 4.90 Å². The lowest BCUT2D eigenvalue weighted by atomic mass is 9.89. The largest absolute Gasteiger partial charge is 0.465 e. The van der Waals surface area contributed by atoms with Crippen molar-refractivity contribution in [2.24, 2.45) is 5.16 Å². The lowest BCUT2D eigenvalue weighted by molar-refractivity contribution is -0.113. The number of nitrogens with zero attached hydrogens (tertiary/aromatic N) is 2. The van der Waals surface area contributed by atoms with Crippen LogP contribution in [0.1, 0.15) is 6.42 Å². The van der Waals surface area contributed by atoms with Crippen molar-refractivity contribution in [3.63, 3.8) is 0 Å². The van der Waals surface area contributed by atoms with Crippen molar-refractivity contribution in [2.45, 2.75) is 31.7 Å². The number of amides is 1. The van der Waals surface area contributed by atoms with E-state index in [2.05, 4.69) is 36.3 Å². The zero-order valence-corrected chi connectivity index (χ0v) is 11.3. The van der Waals surface area contributed by atoms with Gasteiger partial charge in [-0.3, -0.25) is 4.90 Å². The normalized spacial score (nSPS) is 21.1. The van der Waals surface area contributed by atoms with E-state index in [0.717, 1.165) is 5.71 Å². The number of carbonyl (C=O) groups is 1. The zero-order chi connectivity index (χ0) is 12.7. The van der Waals surface area contributed by atoms with Crippen LogP contribution in [0.4, 0.5) is 4.79 Å². The highest BCUT2D eigenvalue weighted by molar-refractivity contribution is 6.84. The second-order valence-electron chi connectivity index (χ2n) is 5.63. The Kier molecular flexibility index (Phi) is 2.66. The minimum absolute atomic E-state index is 0.393. The molecule has 2 aliphatic heterocycles. The van der Waals surface area contributed by atoms with Crippen LogP contribution < -0.4 is 0 Å². The molecule has 6 heteroatoms. The van der Waals surface area contributed by atoms with E-state index < -0.39 is 19.8 Å². The number of likely N-dealkylation sites (tertiary alicyclic amines) is 1. The summed E-state index contributed by atoms with van der Waals surface area (Å²) in [6, 6.07) is 0. The van der Waals surface area contributed by atoms with E-state index in [1.807, 2.05) is 0 Å². The quantitative estimate of drug-likeness (QED) is 0.523. The summed E-state index contributed by atoms with van der Waals surface area (Å²) in [5.41, 5.74) is 3.55. The molecular formula is C11H16N2O3Si. The van der Waals surface area contributed by atoms with E-state index in [4.69, 9.17) is 9.94 Å². The maximum atomic E-state index is 10.7. The Hall–Kier alpha value is -1.48. The van der Waals surface area contributed by atoms with Gasteiger partial charge in [0.25, 0.3) is 0 Å². The molecule has 1 amide bonds. The predicted molar refractivity (Wildman–Crippen MR) is 66.6 cm³/mol. The number of hydrogen-bond donors (Lipinski definition) is 1. The molecule has 2 rings (SSSR count). The van der Waals surface area contributed by atoms with Crippen LogP contribution in [0.2, 0.25) is 19.6 Å². The van der Waals surface area contributed by atoms with Crippen LogP contribution in [0.3, 0.4) is 0 Å². The smallest absolute Gasteiger partial charge is 0.407 e. The molecule has 17 heavy (non-hydrogen) atoms. The number of rotatable bonds is 0. The summed E-state index contributed by atoms with van der Waals surface area (Å²) in [5, 5.41) is 12.7. The van der Waals surface area contributed by atoms with Crippen molar-refractivity contribution >= 4 is 19.9 Å². The molecule has 1 fully saturated rings. The minimum Gasteiger partial charge on any atom is -0.465 e. The summed E-state index contributed by atoms with van der Waals surface area (Å²) in [7, 11) is -1.40. The molecule has 0 atom stereocenters. The third-order valence-electron chi connectivity index (χ3n) is 2.65. The molecule has 1 N–H and O–H groups in total. The molecule has 0 aliphatic carbocycles. The van der Waals surface area contributed by atoms with Crippen molar-refractivity contribution in [2.75, 3.05) is 13.1 Å². The van der Waals surface area contributed by atoms with E-state index in [0.29, 0.717) is 19.5 Å². The van der Waals surface area contributed by atoms with Gasteiger partial charge in [-0.15, -0.1) is 5.54 Å². The molecule has 1 saturated heterocycles. The molecule has 1 spiro atoms. The van der Waals surface area contributed by atoms with Gasteiger partial charge in [0.1, 0.15) is 13.8 Å². The van der Waals surface area contributed by atoms with Crippen LogP contribution in [0.5, 0.6) is 0 Å². The minimum atomic E-state index is -1.40. The third-order valence-corrected chi connectivity index (χ3v) is 3.52. The first kappa shape index (κ1) is 12.0. The van der Waals surface area contributed by atoms with Crippen LogP contribution in [0.15, 0.2) is 5.16 Å². The summed E-state index contributed by atoms with van der Waals surface area (Å²) in [6.45, 7) is 7.29. The Morgan fingerprint density at radius 2 is 2.18 bits per heavy atom. The first-order valence-corrected chi connectivity index (χ1v) is 9.06. The summed E-state index contributed by atoms with van der Waals surface area (Å²) < 4.78 is 0. The fraction of sp³-hybridized carbons (Fsp3) is 0.636. The fourth-order valence-corrected chi connectivity index (χ4v) is 2.32. The van der Waals surface area contributed by atoms with Gasteiger partial charge < -0.3 is 9.94 Å². The maximum Gasteiger partial charge on any atom is 0.407 e. The maximum absolute atomic E-state index is 10.7. The summed E-state index contributed by atoms with van der Waals surface area (Å²) in [6.07, 6.45) is -0.269. The Morgan fingerprint density at radius 1 is 1.53 bits per heavy atom. The van der Waals surface area contributed by atoms with Gasteiger partial charge in [0.2, 0.25) is 0 Å². The van der Waals surface area contributed by atoms with Gasteiger partial charge in [-0.05, 0) is 0 Å². The second kappa shape index (κ2) is 3.77. The highest BCUT2D eigenvalue weighted by Gasteiger charge is 2.51. The Morgan fingerprint density at radius 3 is 2.71 bits per heavy atom. The Balaban J connectivity index is 1.92. The standard InChI is InChI=1S/C11H16N2O3Si/c1-17(2,3)5-4-9-6-11(16-12-9)7-13(8-11)10(14)15/h6-8H2,1-3H3,(H,14,15). The van der Waals surface area contributed by atoms with E-state index in [1.54, 1.807) is 0 Å². The van der Waals surface area contributed by atoms with E-state index in [9.17, 15) is 4.79 Å². The average molecular weight is 252 g/mol. The third kappa shape index (κ3) is 2.61. The van der Waals surface area contributed by atoms with E-state index >= 15 is 0 Å². The first-order valence-electron chi connectivity index (χ1n) is 5.56. The van der Waals surface area contributed by atoms with Crippen molar-refractivity contribution in [1.29, 1.82) is 0 Å². The van der Waals surface area contributed by atoms with Gasteiger partial charge in [0.15, 0.2) is 5.60 Å². The molecule has 0 bridgehead atoms. The molecule has 0 aromatic heterocycles. The zero-order valence-electron chi connectivity index (χ0n) is 10.3. The molecule has 0 aromatic rings. The van der Waals surface area contributed by atoms with Crippen molar-refractivity contribution in [3.8, 4) is 11.5 Å². The number of carboxylic acid groups (broad SMARTS) is 1. The van der Waals surface area contributed by atoms with Crippen molar-refractivity contribution < 1.29 is 14.7 Å². The fourth-order valence-electron chi connectivity index (χ4n) is 1.80. The summed E-state index contributed by atoms with van der Waals surface area (Å²) >= 11 is 0. The molecule has 0 unspecified atom stereocenters. The highest BCUT2D eigenvalue weighted by Crippen LogP contribution is 2.33. The van der Waals surface area contributed by atoms with E-state index in [1.165, 1.54) is 4.90 Å². The van der Waals surface area contributed by atoms with Gasteiger partial charge >= 0.3 is 6.09 Å². The molecule has 5 nitrogen and oxygen atoms in total. The SMILES string of the molecule is C[Si](C)(C)C#CC1=NOC2(C1)CN(C(=O)O)C2. The Labute approximate surface area is 101 Å². The average Bonchev–Trinajstić information content (AvgIpc) is 2.54. The van der Waals surface area contributed by atoms with Crippen LogP contribution in [0, 0.1) is 11.5 Å². The van der Waals surface area contributed by atoms with Gasteiger partial charge in [0, 0.05) is 6.42 Å². The number of oxime groups is 1. The van der Waals surface area contributed by atoms with Gasteiger partial charge in [-0.1, -0.05) is 30.7 Å². The van der Waals surface area contributed by atoms with E-state index in [-0.39, 0.29) is 0 Å². The molecule has 0 saturated carbocycles. The molecule has 2 heterocycles. The van der Waals surface area contributed by atoms with Gasteiger partial charge in [-0.25, -0.2) is 4.79 Å². The summed E-state index contributed by atoms with van der Waals surface area (Å²) in [4.78, 5) is 17.3. The molecule has 0 radical (unpaired) electrons. The lowest BCUT2D eigenvalue weighted by Gasteiger charge is -2.43. The summed E-state index contributed by atoms with van der Waals surface area (Å²) in [5.74, 6) is 3.06. The topological polar surface area (TPSA) is 62.1 Å². The van der Waals surface area contributed by atoms with Crippen molar-refractivity contribution in [3.05, 3.63) is 0 Å². The molecular weight excluding hydrogens is 236 g/mol. The van der Waals surface area contributed by atoms with Crippen LogP contribution in [-0.2, 0) is 4.84 Å². The first-order chi connectivity index (χ1) is 7.80. The monoisotopic (exact) mass is 252 g/mol. The lowest BCUT2D eigenvalue weighted by Crippen LogP contribution is -2.63. The van der Waals surface area contributed by atoms with Crippen LogP contribution >= 0.6 is 0 Å². The molecule has 92 valence electrons. The molecule has 2 aliphatic rings. The highest BCUT2D eigenvalue weighted by atomic mass is 28.3. The molecule has 0 aromatic carbocycles. The van der Waals surface area contributed by atoms with Crippen LogP contribution in [0.25, 0.3) is 0 Å². The van der Waals surface area contributed by atoms with Crippen LogP contribution in [-0.4, -0.2) is 48.6 Å². The van der Waals surface area contributed by atoms with Gasteiger partial charge in [0.05, 0.1) is 13.1 Å². The second-order valence-corrected chi connectivity index (χ2v) is 10.4. The predicted octanol–water partition coefficient (Wildman–Crippen LogP) is 1.38. The Bertz CT molecular complexity index is 436.